The number of benzene rings is 2. The van der Waals surface area contributed by atoms with E-state index >= 15 is 0 Å². The van der Waals surface area contributed by atoms with Crippen LogP contribution < -0.4 is 10.1 Å². The Morgan fingerprint density at radius 2 is 1.96 bits per heavy atom. The van der Waals surface area contributed by atoms with E-state index in [9.17, 15) is 9.59 Å². The normalized spacial score (nSPS) is 20.8. The first-order valence-electron chi connectivity index (χ1n) is 8.95. The molecule has 1 aliphatic carbocycles. The van der Waals surface area contributed by atoms with Crippen LogP contribution in [0.25, 0.3) is 10.8 Å². The first kappa shape index (κ1) is 17.2. The van der Waals surface area contributed by atoms with Gasteiger partial charge in [0.25, 0.3) is 5.91 Å². The molecule has 0 saturated carbocycles. The molecule has 6 nitrogen and oxygen atoms in total. The number of nitrogens with one attached hydrogen (secondary N) is 1. The number of imide groups is 1. The number of alkyl carbamates (subject to hydrolysis) is 1. The van der Waals surface area contributed by atoms with Gasteiger partial charge in [-0.3, -0.25) is 10.1 Å². The van der Waals surface area contributed by atoms with Crippen molar-refractivity contribution in [3.63, 3.8) is 0 Å². The number of amides is 2. The summed E-state index contributed by atoms with van der Waals surface area (Å²) in [5.74, 6) is 0.737. The van der Waals surface area contributed by atoms with E-state index < -0.39 is 12.2 Å². The van der Waals surface area contributed by atoms with Gasteiger partial charge in [-0.2, -0.15) is 0 Å². The predicted molar refractivity (Wildman–Crippen MR) is 105 cm³/mol. The van der Waals surface area contributed by atoms with E-state index in [2.05, 4.69) is 26.2 Å². The molecule has 2 aromatic carbocycles. The second kappa shape index (κ2) is 6.60. The van der Waals surface area contributed by atoms with Gasteiger partial charge in [0, 0.05) is 27.4 Å². The summed E-state index contributed by atoms with van der Waals surface area (Å²) >= 11 is 3.52. The number of fused-ring (bicyclic) bond motifs is 2. The number of halogens is 1. The summed E-state index contributed by atoms with van der Waals surface area (Å²) in [6.07, 6.45) is 1.86. The number of nitrogens with zero attached hydrogens (tertiary/aromatic N) is 1. The minimum Gasteiger partial charge on any atom is -0.438 e. The zero-order valence-electron chi connectivity index (χ0n) is 14.6. The van der Waals surface area contributed by atoms with E-state index in [0.29, 0.717) is 11.6 Å². The molecule has 5 rings (SSSR count). The number of hydrogen-bond acceptors (Lipinski definition) is 5. The van der Waals surface area contributed by atoms with Crippen LogP contribution in [0.4, 0.5) is 4.79 Å². The number of hydrogen-bond donors (Lipinski definition) is 1. The van der Waals surface area contributed by atoms with Crippen LogP contribution in [-0.4, -0.2) is 23.1 Å². The second-order valence-electron chi connectivity index (χ2n) is 6.88. The number of ether oxygens (including phenoxy) is 2. The van der Waals surface area contributed by atoms with Crippen LogP contribution in [0.3, 0.4) is 0 Å². The quantitative estimate of drug-likeness (QED) is 0.653. The fraction of sp³-hybridized carbons (Fsp3) is 0.190. The molecular formula is C21H15BrN2O4. The molecule has 1 aliphatic heterocycles. The molecule has 0 bridgehead atoms. The van der Waals surface area contributed by atoms with Crippen molar-refractivity contribution in [2.45, 2.75) is 24.9 Å². The van der Waals surface area contributed by atoms with Crippen LogP contribution in [0.1, 0.15) is 23.5 Å². The van der Waals surface area contributed by atoms with Crippen LogP contribution in [0.5, 0.6) is 11.6 Å². The van der Waals surface area contributed by atoms with Gasteiger partial charge in [-0.05, 0) is 58.1 Å². The molecule has 2 amide bonds. The third kappa shape index (κ3) is 2.82. The highest BCUT2D eigenvalue weighted by atomic mass is 79.9. The fourth-order valence-electron chi connectivity index (χ4n) is 3.96. The number of pyridine rings is 1. The number of aromatic nitrogens is 1. The Hall–Kier alpha value is -2.93. The molecule has 1 fully saturated rings. The van der Waals surface area contributed by atoms with Crippen LogP contribution in [0.2, 0.25) is 0 Å². The van der Waals surface area contributed by atoms with E-state index in [-0.39, 0.29) is 11.8 Å². The number of cyclic esters (lactones) is 1. The molecule has 2 aliphatic rings. The van der Waals surface area contributed by atoms with E-state index in [0.717, 1.165) is 39.2 Å². The van der Waals surface area contributed by atoms with Crippen LogP contribution in [-0.2, 0) is 16.0 Å². The van der Waals surface area contributed by atoms with Gasteiger partial charge < -0.3 is 9.47 Å². The number of aryl methyl sites for hydroxylation is 1. The van der Waals surface area contributed by atoms with Crippen molar-refractivity contribution in [2.24, 2.45) is 0 Å². The highest BCUT2D eigenvalue weighted by molar-refractivity contribution is 9.10. The largest absolute Gasteiger partial charge is 0.438 e. The molecule has 1 aromatic heterocycles. The van der Waals surface area contributed by atoms with Gasteiger partial charge in [0.15, 0.2) is 6.10 Å². The minimum absolute atomic E-state index is 0.123. The molecular weight excluding hydrogens is 424 g/mol. The van der Waals surface area contributed by atoms with Crippen molar-refractivity contribution < 1.29 is 19.1 Å². The van der Waals surface area contributed by atoms with Crippen LogP contribution in [0, 0.1) is 0 Å². The van der Waals surface area contributed by atoms with Gasteiger partial charge in [0.2, 0.25) is 5.88 Å². The molecule has 1 unspecified atom stereocenters. The van der Waals surface area contributed by atoms with Gasteiger partial charge >= 0.3 is 6.09 Å². The smallest absolute Gasteiger partial charge is 0.414 e. The third-order valence-corrected chi connectivity index (χ3v) is 5.88. The van der Waals surface area contributed by atoms with Crippen LogP contribution >= 0.6 is 15.9 Å². The third-order valence-electron chi connectivity index (χ3n) is 5.25. The molecule has 28 heavy (non-hydrogen) atoms. The van der Waals surface area contributed by atoms with Gasteiger partial charge in [-0.1, -0.05) is 24.3 Å². The Bertz CT molecular complexity index is 1130. The Labute approximate surface area is 169 Å². The zero-order valence-corrected chi connectivity index (χ0v) is 16.2. The molecule has 2 heterocycles. The lowest BCUT2D eigenvalue weighted by Gasteiger charge is -2.16. The Morgan fingerprint density at radius 1 is 1.14 bits per heavy atom. The summed E-state index contributed by atoms with van der Waals surface area (Å²) in [6, 6.07) is 13.7. The lowest BCUT2D eigenvalue weighted by molar-refractivity contribution is -0.124. The summed E-state index contributed by atoms with van der Waals surface area (Å²) in [4.78, 5) is 27.7. The maximum atomic E-state index is 11.9. The maximum absolute atomic E-state index is 11.9. The van der Waals surface area contributed by atoms with Crippen molar-refractivity contribution in [1.29, 1.82) is 0 Å². The van der Waals surface area contributed by atoms with Crippen molar-refractivity contribution in [3.8, 4) is 11.6 Å². The average Bonchev–Trinajstić information content (AvgIpc) is 3.26. The average molecular weight is 439 g/mol. The monoisotopic (exact) mass is 438 g/mol. The molecule has 140 valence electrons. The topological polar surface area (TPSA) is 77.5 Å². The predicted octanol–water partition coefficient (Wildman–Crippen LogP) is 4.45. The molecule has 3 aromatic rings. The van der Waals surface area contributed by atoms with E-state index in [4.69, 9.17) is 9.47 Å². The van der Waals surface area contributed by atoms with Crippen molar-refractivity contribution in [3.05, 3.63) is 64.3 Å². The van der Waals surface area contributed by atoms with E-state index in [1.54, 1.807) is 6.20 Å². The lowest BCUT2D eigenvalue weighted by Crippen LogP contribution is -2.28. The van der Waals surface area contributed by atoms with Crippen molar-refractivity contribution >= 4 is 38.7 Å². The SMILES string of the molecule is O=C1NC(=O)C([C@@H]2CCc3cc(Oc4ncc(Br)c5ccccc45)ccc32)O1. The van der Waals surface area contributed by atoms with E-state index in [1.165, 1.54) is 0 Å². The number of rotatable bonds is 3. The van der Waals surface area contributed by atoms with Crippen molar-refractivity contribution in [1.82, 2.24) is 10.3 Å². The number of carbonyl (C=O) groups is 2. The molecule has 0 radical (unpaired) electrons. The maximum Gasteiger partial charge on any atom is 0.414 e. The molecule has 7 heteroatoms. The highest BCUT2D eigenvalue weighted by Crippen LogP contribution is 2.40. The zero-order chi connectivity index (χ0) is 19.3. The number of carbonyl (C=O) groups excluding carboxylic acids is 2. The van der Waals surface area contributed by atoms with Gasteiger partial charge in [0.1, 0.15) is 5.75 Å². The molecule has 2 atom stereocenters. The van der Waals surface area contributed by atoms with Gasteiger partial charge in [-0.25, -0.2) is 9.78 Å². The van der Waals surface area contributed by atoms with E-state index in [1.807, 2.05) is 42.5 Å². The Kier molecular flexibility index (Phi) is 4.05. The summed E-state index contributed by atoms with van der Waals surface area (Å²) in [7, 11) is 0. The van der Waals surface area contributed by atoms with Gasteiger partial charge in [-0.15, -0.1) is 0 Å². The first-order chi connectivity index (χ1) is 13.6. The van der Waals surface area contributed by atoms with Crippen molar-refractivity contribution in [2.75, 3.05) is 0 Å². The van der Waals surface area contributed by atoms with Crippen LogP contribution in [0.15, 0.2) is 53.1 Å². The molecule has 1 N–H and O–H groups in total. The molecule has 1 saturated heterocycles. The summed E-state index contributed by atoms with van der Waals surface area (Å²) < 4.78 is 12.1. The summed E-state index contributed by atoms with van der Waals surface area (Å²) in [5, 5.41) is 4.15. The fourth-order valence-corrected chi connectivity index (χ4v) is 4.41. The van der Waals surface area contributed by atoms with Gasteiger partial charge in [0.05, 0.1) is 0 Å². The summed E-state index contributed by atoms with van der Waals surface area (Å²) in [6.45, 7) is 0. The summed E-state index contributed by atoms with van der Waals surface area (Å²) in [5.41, 5.74) is 2.12. The minimum atomic E-state index is -0.752. The lowest BCUT2D eigenvalue weighted by atomic mass is 9.95. The Morgan fingerprint density at radius 3 is 2.75 bits per heavy atom. The second-order valence-corrected chi connectivity index (χ2v) is 7.73. The first-order valence-corrected chi connectivity index (χ1v) is 9.75. The Balaban J connectivity index is 1.45. The molecule has 0 spiro atoms. The standard InChI is InChI=1S/C21H15BrN2O4/c22-17-10-23-20(16-4-2-1-3-14(16)17)27-12-6-8-13-11(9-12)5-7-15(13)18-19(25)24-21(26)28-18/h1-4,6,8-10,15,18H,5,7H2,(H,24,25,26)/t15-,18?/m1/s1. The highest BCUT2D eigenvalue weighted by Gasteiger charge is 2.42.